The minimum absolute atomic E-state index is 0.0144. The largest absolute Gasteiger partial charge is 0.481 e. The molecule has 0 saturated carbocycles. The summed E-state index contributed by atoms with van der Waals surface area (Å²) < 4.78 is 32.1. The molecular weight excluding hydrogens is 342 g/mol. The maximum absolute atomic E-state index is 13.5. The van der Waals surface area contributed by atoms with Gasteiger partial charge < -0.3 is 15.0 Å². The molecule has 0 aromatic heterocycles. The van der Waals surface area contributed by atoms with E-state index in [-0.39, 0.29) is 55.5 Å². The Labute approximate surface area is 149 Å². The van der Waals surface area contributed by atoms with E-state index in [2.05, 4.69) is 5.32 Å². The Morgan fingerprint density at radius 2 is 1.69 bits per heavy atom. The fourth-order valence-corrected chi connectivity index (χ4v) is 2.61. The first-order chi connectivity index (χ1) is 12.5. The molecule has 1 N–H and O–H groups in total. The number of para-hydroxylation sites is 1. The number of hydrogen-bond acceptors (Lipinski definition) is 3. The van der Waals surface area contributed by atoms with Crippen LogP contribution >= 0.6 is 0 Å². The van der Waals surface area contributed by atoms with Crippen molar-refractivity contribution in [3.63, 3.8) is 0 Å². The number of benzene rings is 2. The van der Waals surface area contributed by atoms with Crippen molar-refractivity contribution in [2.24, 2.45) is 5.92 Å². The van der Waals surface area contributed by atoms with Gasteiger partial charge in [0, 0.05) is 25.2 Å². The zero-order chi connectivity index (χ0) is 18.5. The fourth-order valence-electron chi connectivity index (χ4n) is 2.61. The molecule has 0 radical (unpaired) electrons. The normalized spacial score (nSPS) is 13.8. The molecule has 0 bridgehead atoms. The van der Waals surface area contributed by atoms with Crippen molar-refractivity contribution in [2.75, 3.05) is 19.7 Å². The van der Waals surface area contributed by atoms with E-state index in [1.807, 2.05) is 0 Å². The molecule has 1 aliphatic heterocycles. The monoisotopic (exact) mass is 360 g/mol. The Morgan fingerprint density at radius 3 is 2.38 bits per heavy atom. The molecule has 1 heterocycles. The summed E-state index contributed by atoms with van der Waals surface area (Å²) in [5, 5.41) is 2.67. The van der Waals surface area contributed by atoms with Crippen molar-refractivity contribution < 1.29 is 23.1 Å². The molecule has 2 aromatic rings. The summed E-state index contributed by atoms with van der Waals surface area (Å²) in [4.78, 5) is 25.5. The Bertz CT molecular complexity index is 741. The van der Waals surface area contributed by atoms with Gasteiger partial charge in [0.1, 0.15) is 5.82 Å². The highest BCUT2D eigenvalue weighted by Crippen LogP contribution is 2.18. The Hall–Kier alpha value is -2.96. The van der Waals surface area contributed by atoms with Gasteiger partial charge in [-0.3, -0.25) is 9.59 Å². The molecule has 7 heteroatoms. The number of likely N-dealkylation sites (tertiary alicyclic amines) is 1. The summed E-state index contributed by atoms with van der Waals surface area (Å²) in [6, 6.07) is 12.1. The van der Waals surface area contributed by atoms with Gasteiger partial charge in [-0.05, 0) is 18.2 Å². The number of ether oxygens (including phenoxy) is 1. The molecule has 26 heavy (non-hydrogen) atoms. The number of halogens is 2. The van der Waals surface area contributed by atoms with Gasteiger partial charge in [0.25, 0.3) is 5.91 Å². The van der Waals surface area contributed by atoms with Crippen LogP contribution in [-0.2, 0) is 16.1 Å². The lowest BCUT2D eigenvalue weighted by Crippen LogP contribution is -2.56. The summed E-state index contributed by atoms with van der Waals surface area (Å²) in [7, 11) is 0. The lowest BCUT2D eigenvalue weighted by atomic mass is 9.99. The number of nitrogens with zero attached hydrogens (tertiary/aromatic N) is 1. The fraction of sp³-hybridized carbons (Fsp3) is 0.263. The first kappa shape index (κ1) is 17.8. The first-order valence-electron chi connectivity index (χ1n) is 8.21. The van der Waals surface area contributed by atoms with Crippen molar-refractivity contribution in [1.29, 1.82) is 0 Å². The van der Waals surface area contributed by atoms with Gasteiger partial charge in [-0.2, -0.15) is 0 Å². The van der Waals surface area contributed by atoms with Crippen LogP contribution in [0.4, 0.5) is 8.78 Å². The van der Waals surface area contributed by atoms with Crippen molar-refractivity contribution >= 4 is 11.8 Å². The minimum atomic E-state index is -0.533. The molecule has 1 aliphatic rings. The van der Waals surface area contributed by atoms with E-state index < -0.39 is 5.82 Å². The van der Waals surface area contributed by atoms with Crippen LogP contribution < -0.4 is 10.1 Å². The molecule has 0 spiro atoms. The van der Waals surface area contributed by atoms with E-state index in [1.165, 1.54) is 29.2 Å². The second-order valence-corrected chi connectivity index (χ2v) is 6.02. The number of amides is 2. The highest BCUT2D eigenvalue weighted by Gasteiger charge is 2.35. The van der Waals surface area contributed by atoms with Gasteiger partial charge in [0.05, 0.1) is 5.92 Å². The lowest BCUT2D eigenvalue weighted by molar-refractivity contribution is -0.144. The van der Waals surface area contributed by atoms with Gasteiger partial charge in [0.2, 0.25) is 5.91 Å². The highest BCUT2D eigenvalue weighted by atomic mass is 19.1. The smallest absolute Gasteiger partial charge is 0.260 e. The molecule has 5 nitrogen and oxygen atoms in total. The number of carbonyl (C=O) groups excluding carboxylic acids is 2. The highest BCUT2D eigenvalue weighted by molar-refractivity contribution is 5.85. The molecule has 3 rings (SSSR count). The van der Waals surface area contributed by atoms with Gasteiger partial charge >= 0.3 is 0 Å². The molecule has 2 amide bonds. The van der Waals surface area contributed by atoms with Gasteiger partial charge in [-0.15, -0.1) is 0 Å². The molecule has 0 atom stereocenters. The van der Waals surface area contributed by atoms with E-state index in [0.717, 1.165) is 0 Å². The zero-order valence-electron chi connectivity index (χ0n) is 14.0. The molecule has 136 valence electrons. The maximum atomic E-state index is 13.5. The number of rotatable bonds is 6. The second kappa shape index (κ2) is 7.95. The van der Waals surface area contributed by atoms with E-state index in [0.29, 0.717) is 5.56 Å². The summed E-state index contributed by atoms with van der Waals surface area (Å²) in [5.41, 5.74) is 0.409. The molecular formula is C19H18F2N2O3. The third-order valence-corrected chi connectivity index (χ3v) is 4.20. The van der Waals surface area contributed by atoms with Crippen molar-refractivity contribution in [3.8, 4) is 5.75 Å². The quantitative estimate of drug-likeness (QED) is 0.859. The Kier molecular flexibility index (Phi) is 5.46. The number of hydrogen-bond donors (Lipinski definition) is 1. The Balaban J connectivity index is 1.40. The van der Waals surface area contributed by atoms with Gasteiger partial charge in [-0.25, -0.2) is 8.78 Å². The summed E-state index contributed by atoms with van der Waals surface area (Å²) in [6.07, 6.45) is 0. The van der Waals surface area contributed by atoms with Crippen LogP contribution in [0.25, 0.3) is 0 Å². The molecule has 0 unspecified atom stereocenters. The molecule has 1 fully saturated rings. The average molecular weight is 360 g/mol. The van der Waals surface area contributed by atoms with Crippen LogP contribution in [0.3, 0.4) is 0 Å². The van der Waals surface area contributed by atoms with Crippen LogP contribution in [0, 0.1) is 17.6 Å². The predicted octanol–water partition coefficient (Wildman–Crippen LogP) is 2.12. The van der Waals surface area contributed by atoms with E-state index in [4.69, 9.17) is 4.74 Å². The average Bonchev–Trinajstić information content (AvgIpc) is 2.59. The molecule has 2 aromatic carbocycles. The van der Waals surface area contributed by atoms with Gasteiger partial charge in [-0.1, -0.05) is 30.3 Å². The summed E-state index contributed by atoms with van der Waals surface area (Å²) >= 11 is 0. The van der Waals surface area contributed by atoms with E-state index in [9.17, 15) is 18.4 Å². The van der Waals surface area contributed by atoms with E-state index >= 15 is 0 Å². The van der Waals surface area contributed by atoms with Crippen molar-refractivity contribution in [2.45, 2.75) is 6.54 Å². The predicted molar refractivity (Wildman–Crippen MR) is 90.2 cm³/mol. The van der Waals surface area contributed by atoms with Gasteiger partial charge in [0.15, 0.2) is 18.2 Å². The Morgan fingerprint density at radius 1 is 1.04 bits per heavy atom. The third-order valence-electron chi connectivity index (χ3n) is 4.20. The molecule has 0 aliphatic carbocycles. The molecule has 1 saturated heterocycles. The van der Waals surface area contributed by atoms with Crippen LogP contribution in [0.2, 0.25) is 0 Å². The SMILES string of the molecule is O=C(NCc1ccccc1F)C1CN(C(=O)COc2ccccc2F)C1. The minimum Gasteiger partial charge on any atom is -0.481 e. The van der Waals surface area contributed by atoms with Crippen LogP contribution in [0.5, 0.6) is 5.75 Å². The zero-order valence-corrected chi connectivity index (χ0v) is 14.0. The van der Waals surface area contributed by atoms with E-state index in [1.54, 1.807) is 24.3 Å². The summed E-state index contributed by atoms with van der Waals surface area (Å²) in [5.74, 6) is -1.77. The van der Waals surface area contributed by atoms with Crippen LogP contribution in [0.15, 0.2) is 48.5 Å². The van der Waals surface area contributed by atoms with Crippen molar-refractivity contribution in [1.82, 2.24) is 10.2 Å². The standard InChI is InChI=1S/C19H18F2N2O3/c20-15-6-2-1-5-13(15)9-22-19(25)14-10-23(11-14)18(24)12-26-17-8-4-3-7-16(17)21/h1-8,14H,9-12H2,(H,22,25). The van der Waals surface area contributed by atoms with Crippen LogP contribution in [0.1, 0.15) is 5.56 Å². The third kappa shape index (κ3) is 4.17. The lowest BCUT2D eigenvalue weighted by Gasteiger charge is -2.38. The topological polar surface area (TPSA) is 58.6 Å². The first-order valence-corrected chi connectivity index (χ1v) is 8.21. The van der Waals surface area contributed by atoms with Crippen molar-refractivity contribution in [3.05, 3.63) is 65.7 Å². The second-order valence-electron chi connectivity index (χ2n) is 6.02. The number of nitrogens with one attached hydrogen (secondary N) is 1. The van der Waals surface area contributed by atoms with Crippen LogP contribution in [-0.4, -0.2) is 36.4 Å². The summed E-state index contributed by atoms with van der Waals surface area (Å²) in [6.45, 7) is 0.349. The maximum Gasteiger partial charge on any atom is 0.260 e. The number of carbonyl (C=O) groups is 2.